The lowest BCUT2D eigenvalue weighted by molar-refractivity contribution is -0.0566. The molecule has 5 rings (SSSR count). The van der Waals surface area contributed by atoms with E-state index >= 15 is 0 Å². The molecule has 2 aliphatic rings. The number of alkyl carbamates (subject to hydrolysis) is 1. The highest BCUT2D eigenvalue weighted by Crippen LogP contribution is 2.26. The average Bonchev–Trinajstić information content (AvgIpc) is 2.86. The van der Waals surface area contributed by atoms with Crippen molar-refractivity contribution in [2.45, 2.75) is 19.3 Å². The lowest BCUT2D eigenvalue weighted by Crippen LogP contribution is -2.52. The van der Waals surface area contributed by atoms with Gasteiger partial charge in [-0.25, -0.2) is 19.2 Å². The number of benzene rings is 2. The zero-order valence-corrected chi connectivity index (χ0v) is 20.5. The number of hydrogen-bond donors (Lipinski definition) is 3. The predicted molar refractivity (Wildman–Crippen MR) is 139 cm³/mol. The summed E-state index contributed by atoms with van der Waals surface area (Å²) < 4.78 is 19.9. The molecule has 3 aromatic rings. The molecule has 12 heteroatoms. The van der Waals surface area contributed by atoms with Crippen molar-refractivity contribution in [1.82, 2.24) is 20.2 Å². The number of guanidine groups is 1. The highest BCUT2D eigenvalue weighted by atomic mass is 19.1. The van der Waals surface area contributed by atoms with Crippen LogP contribution in [-0.4, -0.2) is 64.9 Å². The third-order valence-corrected chi connectivity index (χ3v) is 6.16. The van der Waals surface area contributed by atoms with E-state index in [1.807, 2.05) is 28.4 Å². The van der Waals surface area contributed by atoms with Crippen LogP contribution in [0.1, 0.15) is 11.1 Å². The third-order valence-electron chi connectivity index (χ3n) is 6.16. The fraction of sp³-hybridized carbons (Fsp3) is 0.269. The molecule has 196 valence electrons. The number of halogens is 1. The Kier molecular flexibility index (Phi) is 7.40. The average molecular weight is 519 g/mol. The van der Waals surface area contributed by atoms with Gasteiger partial charge in [-0.2, -0.15) is 0 Å². The van der Waals surface area contributed by atoms with Gasteiger partial charge in [0, 0.05) is 48.7 Å². The van der Waals surface area contributed by atoms with Crippen molar-refractivity contribution in [1.29, 1.82) is 5.41 Å². The Hall–Kier alpha value is -4.58. The van der Waals surface area contributed by atoms with Gasteiger partial charge in [0.2, 0.25) is 5.95 Å². The van der Waals surface area contributed by atoms with Gasteiger partial charge in [-0.1, -0.05) is 53.7 Å². The molecule has 38 heavy (non-hydrogen) atoms. The summed E-state index contributed by atoms with van der Waals surface area (Å²) in [6.45, 7) is 3.46. The van der Waals surface area contributed by atoms with Crippen LogP contribution in [0.5, 0.6) is 0 Å². The van der Waals surface area contributed by atoms with Crippen LogP contribution in [0.3, 0.4) is 0 Å². The highest BCUT2D eigenvalue weighted by molar-refractivity contribution is 5.98. The Balaban J connectivity index is 1.09. The van der Waals surface area contributed by atoms with Gasteiger partial charge in [0.1, 0.15) is 12.4 Å². The number of rotatable bonds is 8. The number of hydrogen-bond acceptors (Lipinski definition) is 9. The summed E-state index contributed by atoms with van der Waals surface area (Å²) in [5, 5.41) is 13.3. The summed E-state index contributed by atoms with van der Waals surface area (Å²) in [6, 6.07) is 15.1. The number of ether oxygens (including phenoxy) is 1. The number of likely N-dealkylation sites (tertiary alicyclic amines) is 1. The van der Waals surface area contributed by atoms with E-state index in [0.29, 0.717) is 24.6 Å². The van der Waals surface area contributed by atoms with E-state index < -0.39 is 17.9 Å². The number of aromatic nitrogens is 2. The van der Waals surface area contributed by atoms with Crippen LogP contribution in [0.15, 0.2) is 66.1 Å². The molecule has 1 amide bonds. The van der Waals surface area contributed by atoms with Crippen molar-refractivity contribution in [2.24, 2.45) is 10.9 Å². The second-order valence-electron chi connectivity index (χ2n) is 9.09. The summed E-state index contributed by atoms with van der Waals surface area (Å²) in [5.74, 6) is -0.585. The van der Waals surface area contributed by atoms with Crippen molar-refractivity contribution < 1.29 is 18.8 Å². The topological polar surface area (TPSA) is 142 Å². The molecular weight excluding hydrogens is 491 g/mol. The summed E-state index contributed by atoms with van der Waals surface area (Å²) in [6.07, 6.45) is 2.27. The first-order valence-electron chi connectivity index (χ1n) is 12.0. The number of oxime groups is 1. The minimum Gasteiger partial charge on any atom is -0.444 e. The maximum atomic E-state index is 15.0. The largest absolute Gasteiger partial charge is 0.444 e. The second kappa shape index (κ2) is 11.2. The number of anilines is 1. The molecule has 1 aromatic heterocycles. The standard InChI is InChI=1S/C26H27FN8O3/c27-23-18(16-37-26(36)32-24(28)29)7-4-8-22(23)19-9-30-25(31-10-19)35-12-20(13-35)33-38-21-14-34(15-21)11-17-5-2-1-3-6-17/h1-10,21H,11-16H2,(H4,28,29,32,36). The molecule has 0 unspecified atom stereocenters. The van der Waals surface area contributed by atoms with Crippen LogP contribution in [0.25, 0.3) is 11.1 Å². The monoisotopic (exact) mass is 518 g/mol. The summed E-state index contributed by atoms with van der Waals surface area (Å²) in [4.78, 5) is 30.2. The zero-order chi connectivity index (χ0) is 26.5. The Bertz CT molecular complexity index is 1320. The maximum absolute atomic E-state index is 15.0. The van der Waals surface area contributed by atoms with E-state index in [1.165, 1.54) is 11.6 Å². The van der Waals surface area contributed by atoms with Crippen LogP contribution in [0.4, 0.5) is 15.1 Å². The van der Waals surface area contributed by atoms with Gasteiger partial charge in [0.05, 0.1) is 18.8 Å². The van der Waals surface area contributed by atoms with Gasteiger partial charge in [0.25, 0.3) is 0 Å². The fourth-order valence-electron chi connectivity index (χ4n) is 4.13. The summed E-state index contributed by atoms with van der Waals surface area (Å²) >= 11 is 0. The van der Waals surface area contributed by atoms with E-state index in [1.54, 1.807) is 24.5 Å². The number of carbonyl (C=O) groups excluding carboxylic acids is 1. The molecular formula is C26H27FN8O3. The van der Waals surface area contributed by atoms with E-state index in [4.69, 9.17) is 20.7 Å². The van der Waals surface area contributed by atoms with E-state index in [0.717, 1.165) is 25.3 Å². The molecule has 0 atom stereocenters. The van der Waals surface area contributed by atoms with Crippen molar-refractivity contribution in [2.75, 3.05) is 31.1 Å². The molecule has 0 bridgehead atoms. The van der Waals surface area contributed by atoms with Gasteiger partial charge in [-0.05, 0) is 5.56 Å². The van der Waals surface area contributed by atoms with Gasteiger partial charge >= 0.3 is 6.09 Å². The molecule has 0 saturated carbocycles. The van der Waals surface area contributed by atoms with Crippen molar-refractivity contribution >= 4 is 23.7 Å². The first-order valence-corrected chi connectivity index (χ1v) is 12.0. The van der Waals surface area contributed by atoms with Crippen LogP contribution in [0.2, 0.25) is 0 Å². The minimum absolute atomic E-state index is 0.107. The van der Waals surface area contributed by atoms with E-state index in [9.17, 15) is 9.18 Å². The molecule has 4 N–H and O–H groups in total. The molecule has 2 saturated heterocycles. The third kappa shape index (κ3) is 6.03. The zero-order valence-electron chi connectivity index (χ0n) is 20.5. The first-order chi connectivity index (χ1) is 18.4. The Labute approximate surface area is 218 Å². The normalized spacial score (nSPS) is 15.3. The van der Waals surface area contributed by atoms with Crippen LogP contribution in [-0.2, 0) is 22.7 Å². The number of amides is 1. The first kappa shape index (κ1) is 25.1. The van der Waals surface area contributed by atoms with Crippen LogP contribution < -0.4 is 16.0 Å². The fourth-order valence-corrected chi connectivity index (χ4v) is 4.13. The number of carbonyl (C=O) groups is 1. The van der Waals surface area contributed by atoms with Crippen molar-refractivity contribution in [3.8, 4) is 11.1 Å². The predicted octanol–water partition coefficient (Wildman–Crippen LogP) is 2.48. The van der Waals surface area contributed by atoms with E-state index in [2.05, 4.69) is 32.2 Å². The van der Waals surface area contributed by atoms with Gasteiger partial charge in [0.15, 0.2) is 12.1 Å². The van der Waals surface area contributed by atoms with Crippen LogP contribution >= 0.6 is 0 Å². The summed E-state index contributed by atoms with van der Waals surface area (Å²) in [5.41, 5.74) is 8.23. The quantitative estimate of drug-likeness (QED) is 0.235. The van der Waals surface area contributed by atoms with Crippen LogP contribution in [0, 0.1) is 11.2 Å². The van der Waals surface area contributed by atoms with Gasteiger partial charge in [-0.15, -0.1) is 0 Å². The second-order valence-corrected chi connectivity index (χ2v) is 9.09. The molecule has 0 radical (unpaired) electrons. The highest BCUT2D eigenvalue weighted by Gasteiger charge is 2.30. The van der Waals surface area contributed by atoms with Gasteiger partial charge < -0.3 is 20.2 Å². The minimum atomic E-state index is -0.935. The van der Waals surface area contributed by atoms with Gasteiger partial charge in [-0.3, -0.25) is 15.6 Å². The summed E-state index contributed by atoms with van der Waals surface area (Å²) in [7, 11) is 0. The molecule has 0 spiro atoms. The molecule has 2 aliphatic heterocycles. The number of nitrogens with two attached hydrogens (primary N) is 1. The Morgan fingerprint density at radius 2 is 1.87 bits per heavy atom. The molecule has 2 fully saturated rings. The Morgan fingerprint density at radius 1 is 1.13 bits per heavy atom. The molecule has 3 heterocycles. The van der Waals surface area contributed by atoms with Crippen molar-refractivity contribution in [3.05, 3.63) is 77.9 Å². The smallest absolute Gasteiger partial charge is 0.414 e. The number of nitrogens with zero attached hydrogens (tertiary/aromatic N) is 5. The maximum Gasteiger partial charge on any atom is 0.414 e. The lowest BCUT2D eigenvalue weighted by Gasteiger charge is -2.38. The Morgan fingerprint density at radius 3 is 2.58 bits per heavy atom. The molecule has 2 aromatic carbocycles. The number of nitrogens with one attached hydrogen (secondary N) is 2. The lowest BCUT2D eigenvalue weighted by atomic mass is 10.1. The van der Waals surface area contributed by atoms with Crippen molar-refractivity contribution in [3.63, 3.8) is 0 Å². The molecule has 11 nitrogen and oxygen atoms in total. The SMILES string of the molecule is N=C(N)NC(=O)OCc1cccc(-c2cnc(N3CC(=NOC4CN(Cc5ccccc5)C4)C3)nc2)c1F. The molecule has 0 aliphatic carbocycles. The van der Waals surface area contributed by atoms with E-state index in [-0.39, 0.29) is 23.8 Å².